The Balaban J connectivity index is 1.47. The van der Waals surface area contributed by atoms with Crippen molar-refractivity contribution in [2.24, 2.45) is 0 Å². The molecule has 2 unspecified atom stereocenters. The van der Waals surface area contributed by atoms with Gasteiger partial charge < -0.3 is 19.6 Å². The van der Waals surface area contributed by atoms with Gasteiger partial charge in [-0.05, 0) is 55.3 Å². The summed E-state index contributed by atoms with van der Waals surface area (Å²) in [6.07, 6.45) is 0.837. The summed E-state index contributed by atoms with van der Waals surface area (Å²) >= 11 is 5.96. The number of hydrogen-bond donors (Lipinski definition) is 1. The molecule has 2 aromatic carbocycles. The van der Waals surface area contributed by atoms with Gasteiger partial charge in [-0.15, -0.1) is 0 Å². The van der Waals surface area contributed by atoms with E-state index in [1.54, 1.807) is 36.1 Å². The van der Waals surface area contributed by atoms with Gasteiger partial charge in [-0.2, -0.15) is 5.10 Å². The van der Waals surface area contributed by atoms with Crippen molar-refractivity contribution >= 4 is 23.4 Å². The van der Waals surface area contributed by atoms with Crippen LogP contribution in [0.4, 0.5) is 10.5 Å². The van der Waals surface area contributed by atoms with Crippen molar-refractivity contribution in [1.29, 1.82) is 0 Å². The predicted molar refractivity (Wildman–Crippen MR) is 134 cm³/mol. The quantitative estimate of drug-likeness (QED) is 0.533. The first-order chi connectivity index (χ1) is 16.9. The Morgan fingerprint density at radius 3 is 2.26 bits per heavy atom. The summed E-state index contributed by atoms with van der Waals surface area (Å²) in [7, 11) is 0. The first-order valence-corrected chi connectivity index (χ1v) is 12.2. The molecule has 0 bridgehead atoms. The van der Waals surface area contributed by atoms with Gasteiger partial charge in [0.05, 0.1) is 18.3 Å². The molecule has 1 amide bonds. The molecule has 2 atom stereocenters. The number of anilines is 1. The zero-order valence-corrected chi connectivity index (χ0v) is 20.6. The maximum absolute atomic E-state index is 13.2. The number of amides is 1. The summed E-state index contributed by atoms with van der Waals surface area (Å²) in [5, 5.41) is 15.8. The van der Waals surface area contributed by atoms with Gasteiger partial charge in [-0.25, -0.2) is 18.8 Å². The van der Waals surface area contributed by atoms with Crippen LogP contribution < -0.4 is 10.6 Å². The number of nitrogens with zero attached hydrogens (tertiary/aromatic N) is 5. The SMILES string of the molecule is CCOC(=O)N1CCN(c2ccc(-n3cnn(C(CC)C(O)c4ccc(Cl)cc4)c3=O)cc2)CC1. The summed E-state index contributed by atoms with van der Waals surface area (Å²) in [6.45, 7) is 6.69. The molecule has 186 valence electrons. The Morgan fingerprint density at radius 1 is 1.03 bits per heavy atom. The van der Waals surface area contributed by atoms with E-state index in [1.165, 1.54) is 15.6 Å². The Hall–Kier alpha value is -3.30. The van der Waals surface area contributed by atoms with Gasteiger partial charge in [-0.1, -0.05) is 30.7 Å². The van der Waals surface area contributed by atoms with Crippen molar-refractivity contribution in [1.82, 2.24) is 19.2 Å². The number of ether oxygens (including phenoxy) is 1. The normalized spacial score (nSPS) is 15.7. The second-order valence-corrected chi connectivity index (χ2v) is 8.83. The molecule has 0 spiro atoms. The highest BCUT2D eigenvalue weighted by Crippen LogP contribution is 2.28. The summed E-state index contributed by atoms with van der Waals surface area (Å²) in [4.78, 5) is 29.0. The lowest BCUT2D eigenvalue weighted by Gasteiger charge is -2.35. The summed E-state index contributed by atoms with van der Waals surface area (Å²) < 4.78 is 7.88. The van der Waals surface area contributed by atoms with E-state index >= 15 is 0 Å². The molecule has 35 heavy (non-hydrogen) atoms. The first-order valence-electron chi connectivity index (χ1n) is 11.8. The fourth-order valence-electron chi connectivity index (χ4n) is 4.32. The van der Waals surface area contributed by atoms with Crippen molar-refractivity contribution < 1.29 is 14.6 Å². The van der Waals surface area contributed by atoms with E-state index < -0.39 is 12.1 Å². The highest BCUT2D eigenvalue weighted by molar-refractivity contribution is 6.30. The van der Waals surface area contributed by atoms with Gasteiger partial charge in [0.1, 0.15) is 12.4 Å². The highest BCUT2D eigenvalue weighted by Gasteiger charge is 2.25. The summed E-state index contributed by atoms with van der Waals surface area (Å²) in [5.74, 6) is 0. The van der Waals surface area contributed by atoms with Crippen molar-refractivity contribution in [3.63, 3.8) is 0 Å². The molecule has 1 saturated heterocycles. The Kier molecular flexibility index (Phi) is 7.77. The largest absolute Gasteiger partial charge is 0.450 e. The number of aliphatic hydroxyl groups excluding tert-OH is 1. The first kappa shape index (κ1) is 24.8. The van der Waals surface area contributed by atoms with E-state index in [1.807, 2.05) is 31.2 Å². The molecule has 0 radical (unpaired) electrons. The molecule has 0 saturated carbocycles. The zero-order chi connectivity index (χ0) is 24.9. The molecule has 4 rings (SSSR count). The number of carbonyl (C=O) groups is 1. The van der Waals surface area contributed by atoms with Crippen LogP contribution in [0.15, 0.2) is 59.7 Å². The smallest absolute Gasteiger partial charge is 0.409 e. The van der Waals surface area contributed by atoms with Gasteiger partial charge in [-0.3, -0.25) is 0 Å². The summed E-state index contributed by atoms with van der Waals surface area (Å²) in [5.41, 5.74) is 2.06. The molecule has 1 N–H and O–H groups in total. The van der Waals surface area contributed by atoms with E-state index in [0.29, 0.717) is 55.5 Å². The molecule has 1 aromatic heterocycles. The molecule has 2 heterocycles. The number of carbonyl (C=O) groups excluding carboxylic acids is 1. The van der Waals surface area contributed by atoms with Gasteiger partial charge in [0, 0.05) is 36.9 Å². The van der Waals surface area contributed by atoms with E-state index in [9.17, 15) is 14.7 Å². The number of benzene rings is 2. The third-order valence-corrected chi connectivity index (χ3v) is 6.55. The fourth-order valence-corrected chi connectivity index (χ4v) is 4.45. The number of aliphatic hydroxyl groups is 1. The molecule has 10 heteroatoms. The summed E-state index contributed by atoms with van der Waals surface area (Å²) in [6, 6.07) is 14.1. The number of rotatable bonds is 7. The molecule has 1 fully saturated rings. The second kappa shape index (κ2) is 11.0. The lowest BCUT2D eigenvalue weighted by atomic mass is 10.0. The van der Waals surface area contributed by atoms with Crippen LogP contribution in [0.1, 0.15) is 38.0 Å². The van der Waals surface area contributed by atoms with E-state index in [0.717, 1.165) is 5.69 Å². The van der Waals surface area contributed by atoms with Gasteiger partial charge in [0.15, 0.2) is 0 Å². The lowest BCUT2D eigenvalue weighted by Crippen LogP contribution is -2.49. The molecule has 9 nitrogen and oxygen atoms in total. The maximum Gasteiger partial charge on any atom is 0.409 e. The van der Waals surface area contributed by atoms with Crippen molar-refractivity contribution in [3.05, 3.63) is 75.9 Å². The second-order valence-electron chi connectivity index (χ2n) is 8.39. The average molecular weight is 500 g/mol. The van der Waals surface area contributed by atoms with Crippen LogP contribution >= 0.6 is 11.6 Å². The molecular formula is C25H30ClN5O4. The predicted octanol–water partition coefficient (Wildman–Crippen LogP) is 3.65. The third kappa shape index (κ3) is 5.36. The third-order valence-electron chi connectivity index (χ3n) is 6.30. The van der Waals surface area contributed by atoms with Gasteiger partial charge >= 0.3 is 11.8 Å². The number of hydrogen-bond acceptors (Lipinski definition) is 6. The van der Waals surface area contributed by atoms with Gasteiger partial charge in [0.2, 0.25) is 0 Å². The van der Waals surface area contributed by atoms with E-state index in [2.05, 4.69) is 10.00 Å². The van der Waals surface area contributed by atoms with Crippen molar-refractivity contribution in [2.75, 3.05) is 37.7 Å². The van der Waals surface area contributed by atoms with Crippen LogP contribution in [-0.4, -0.2) is 63.2 Å². The molecule has 1 aliphatic rings. The van der Waals surface area contributed by atoms with Crippen LogP contribution in [0.25, 0.3) is 5.69 Å². The number of piperazine rings is 1. The minimum atomic E-state index is -0.894. The number of aromatic nitrogens is 3. The van der Waals surface area contributed by atoms with Gasteiger partial charge in [0.25, 0.3) is 0 Å². The monoisotopic (exact) mass is 499 g/mol. The Bertz CT molecular complexity index is 1180. The van der Waals surface area contributed by atoms with Crippen molar-refractivity contribution in [3.8, 4) is 5.69 Å². The minimum Gasteiger partial charge on any atom is -0.450 e. The zero-order valence-electron chi connectivity index (χ0n) is 19.9. The fraction of sp³-hybridized carbons (Fsp3) is 0.400. The average Bonchev–Trinajstić information content (AvgIpc) is 3.26. The van der Waals surface area contributed by atoms with Crippen LogP contribution in [0, 0.1) is 0 Å². The molecule has 3 aromatic rings. The maximum atomic E-state index is 13.2. The van der Waals surface area contributed by atoms with E-state index in [-0.39, 0.29) is 11.8 Å². The molecular weight excluding hydrogens is 470 g/mol. The lowest BCUT2D eigenvalue weighted by molar-refractivity contribution is 0.101. The highest BCUT2D eigenvalue weighted by atomic mass is 35.5. The van der Waals surface area contributed by atoms with Crippen LogP contribution in [-0.2, 0) is 4.74 Å². The van der Waals surface area contributed by atoms with E-state index in [4.69, 9.17) is 16.3 Å². The standard InChI is InChI=1S/C25H30ClN5O4/c1-3-22(23(32)18-5-7-19(26)8-6-18)31-24(33)30(17-27-31)21-11-9-20(10-12-21)28-13-15-29(16-14-28)25(34)35-4-2/h5-12,17,22-23,32H,3-4,13-16H2,1-2H3. The minimum absolute atomic E-state index is 0.273. The number of halogens is 1. The van der Waals surface area contributed by atoms with Crippen molar-refractivity contribution in [2.45, 2.75) is 32.4 Å². The van der Waals surface area contributed by atoms with Crippen LogP contribution in [0.2, 0.25) is 5.02 Å². The Morgan fingerprint density at radius 2 is 1.66 bits per heavy atom. The Labute approximate surface area is 209 Å². The molecule has 1 aliphatic heterocycles. The topological polar surface area (TPSA) is 92.8 Å². The van der Waals surface area contributed by atoms with Crippen LogP contribution in [0.5, 0.6) is 0 Å². The van der Waals surface area contributed by atoms with Crippen LogP contribution in [0.3, 0.4) is 0 Å². The molecule has 0 aliphatic carbocycles.